The highest BCUT2D eigenvalue weighted by atomic mass is 127. The van der Waals surface area contributed by atoms with E-state index in [2.05, 4.69) is 25.8 Å². The van der Waals surface area contributed by atoms with Crippen LogP contribution in [0.1, 0.15) is 47.0 Å². The van der Waals surface area contributed by atoms with Crippen LogP contribution in [0.3, 0.4) is 0 Å². The number of nitrogens with zero attached hydrogens (tertiary/aromatic N) is 3. The van der Waals surface area contributed by atoms with Crippen molar-refractivity contribution in [3.05, 3.63) is 0 Å². The average Bonchev–Trinajstić information content (AvgIpc) is 3.02. The summed E-state index contributed by atoms with van der Waals surface area (Å²) in [5.74, 6) is 0.742. The smallest absolute Gasteiger partial charge is 0.242 e. The quantitative estimate of drug-likeness (QED) is 0.197. The van der Waals surface area contributed by atoms with E-state index in [0.717, 1.165) is 45.4 Å². The maximum Gasteiger partial charge on any atom is 0.242 e. The molecule has 1 heterocycles. The fourth-order valence-electron chi connectivity index (χ4n) is 3.11. The average molecular weight is 510 g/mol. The third-order valence-electron chi connectivity index (χ3n) is 4.24. The van der Waals surface area contributed by atoms with Gasteiger partial charge in [-0.2, -0.15) is 0 Å². The fraction of sp³-hybridized carbons (Fsp3) is 0.842. The zero-order chi connectivity index (χ0) is 20.4. The predicted molar refractivity (Wildman–Crippen MR) is 125 cm³/mol. The maximum atomic E-state index is 12.2. The lowest BCUT2D eigenvalue weighted by molar-refractivity contribution is -0.133. The summed E-state index contributed by atoms with van der Waals surface area (Å²) in [6, 6.07) is 0.0167. The van der Waals surface area contributed by atoms with E-state index in [1.807, 2.05) is 41.8 Å². The SMILES string of the molecule is CCNC(=NCC(=O)NC(C)(C)C)NCCCN1CCCC1C(=O)N(C)C.I. The Morgan fingerprint density at radius 1 is 1.21 bits per heavy atom. The van der Waals surface area contributed by atoms with Crippen LogP contribution in [0.25, 0.3) is 0 Å². The molecule has 0 saturated carbocycles. The Balaban J connectivity index is 0.00000729. The van der Waals surface area contributed by atoms with Crippen LogP contribution in [0.5, 0.6) is 0 Å². The van der Waals surface area contributed by atoms with Crippen LogP contribution in [-0.2, 0) is 9.59 Å². The number of rotatable bonds is 8. The summed E-state index contributed by atoms with van der Waals surface area (Å²) >= 11 is 0. The molecular formula is C19H39IN6O2. The summed E-state index contributed by atoms with van der Waals surface area (Å²) in [7, 11) is 3.63. The van der Waals surface area contributed by atoms with Crippen LogP contribution in [0.2, 0.25) is 0 Å². The molecule has 164 valence electrons. The van der Waals surface area contributed by atoms with E-state index in [9.17, 15) is 9.59 Å². The first-order chi connectivity index (χ1) is 12.6. The van der Waals surface area contributed by atoms with E-state index < -0.39 is 0 Å². The van der Waals surface area contributed by atoms with Crippen LogP contribution >= 0.6 is 24.0 Å². The monoisotopic (exact) mass is 510 g/mol. The van der Waals surface area contributed by atoms with E-state index in [-0.39, 0.29) is 53.9 Å². The molecule has 0 aliphatic carbocycles. The standard InChI is InChI=1S/C19H38N6O2.HI/c1-7-20-18(22-14-16(26)23-19(2,3)4)21-11-9-13-25-12-8-10-15(25)17(27)24(5)6;/h15H,7-14H2,1-6H3,(H,23,26)(H2,20,21,22);1H. The molecule has 1 rings (SSSR count). The zero-order valence-corrected chi connectivity index (χ0v) is 20.6. The Kier molecular flexibility index (Phi) is 12.7. The molecule has 0 aromatic rings. The third-order valence-corrected chi connectivity index (χ3v) is 4.24. The van der Waals surface area contributed by atoms with Gasteiger partial charge in [-0.05, 0) is 53.5 Å². The van der Waals surface area contributed by atoms with Gasteiger partial charge in [-0.3, -0.25) is 14.5 Å². The third kappa shape index (κ3) is 10.4. The molecular weight excluding hydrogens is 471 g/mol. The van der Waals surface area contributed by atoms with E-state index >= 15 is 0 Å². The summed E-state index contributed by atoms with van der Waals surface area (Å²) in [6.07, 6.45) is 2.93. The van der Waals surface area contributed by atoms with Crippen molar-refractivity contribution in [2.45, 2.75) is 58.5 Å². The Morgan fingerprint density at radius 2 is 1.89 bits per heavy atom. The van der Waals surface area contributed by atoms with Crippen LogP contribution in [0.4, 0.5) is 0 Å². The number of hydrogen-bond donors (Lipinski definition) is 3. The molecule has 28 heavy (non-hydrogen) atoms. The van der Waals surface area contributed by atoms with Crippen molar-refractivity contribution < 1.29 is 9.59 Å². The van der Waals surface area contributed by atoms with E-state index in [0.29, 0.717) is 5.96 Å². The van der Waals surface area contributed by atoms with Crippen LogP contribution in [-0.4, -0.2) is 86.0 Å². The number of aliphatic imine (C=N–C) groups is 1. The number of halogens is 1. The minimum Gasteiger partial charge on any atom is -0.357 e. The molecule has 1 saturated heterocycles. The maximum absolute atomic E-state index is 12.2. The number of carbonyl (C=O) groups is 2. The van der Waals surface area contributed by atoms with Gasteiger partial charge in [-0.1, -0.05) is 0 Å². The van der Waals surface area contributed by atoms with Gasteiger partial charge in [0, 0.05) is 39.3 Å². The number of likely N-dealkylation sites (N-methyl/N-ethyl adjacent to an activating group) is 1. The van der Waals surface area contributed by atoms with Crippen molar-refractivity contribution in [2.24, 2.45) is 4.99 Å². The summed E-state index contributed by atoms with van der Waals surface area (Å²) in [4.78, 5) is 32.4. The van der Waals surface area contributed by atoms with Crippen molar-refractivity contribution in [3.8, 4) is 0 Å². The van der Waals surface area contributed by atoms with Gasteiger partial charge in [0.15, 0.2) is 5.96 Å². The van der Waals surface area contributed by atoms with Crippen LogP contribution < -0.4 is 16.0 Å². The summed E-state index contributed by atoms with van der Waals surface area (Å²) in [5.41, 5.74) is -0.255. The second kappa shape index (κ2) is 13.2. The summed E-state index contributed by atoms with van der Waals surface area (Å²) in [5, 5.41) is 9.32. The van der Waals surface area contributed by atoms with Gasteiger partial charge in [-0.25, -0.2) is 4.99 Å². The molecule has 1 unspecified atom stereocenters. The molecule has 1 fully saturated rings. The zero-order valence-electron chi connectivity index (χ0n) is 18.3. The topological polar surface area (TPSA) is 89.1 Å². The normalized spacial score (nSPS) is 17.6. The fourth-order valence-corrected chi connectivity index (χ4v) is 3.11. The van der Waals surface area contributed by atoms with Crippen molar-refractivity contribution in [1.29, 1.82) is 0 Å². The molecule has 0 spiro atoms. The van der Waals surface area contributed by atoms with Crippen LogP contribution in [0.15, 0.2) is 4.99 Å². The van der Waals surface area contributed by atoms with E-state index in [1.165, 1.54) is 0 Å². The molecule has 0 aromatic heterocycles. The highest BCUT2D eigenvalue weighted by Crippen LogP contribution is 2.18. The van der Waals surface area contributed by atoms with Crippen molar-refractivity contribution in [2.75, 3.05) is 46.8 Å². The first-order valence-electron chi connectivity index (χ1n) is 9.92. The van der Waals surface area contributed by atoms with Crippen molar-refractivity contribution in [3.63, 3.8) is 0 Å². The Labute approximate surface area is 187 Å². The minimum atomic E-state index is -0.255. The lowest BCUT2D eigenvalue weighted by Crippen LogP contribution is -2.44. The molecule has 3 N–H and O–H groups in total. The summed E-state index contributed by atoms with van der Waals surface area (Å²) in [6.45, 7) is 11.3. The molecule has 2 amide bonds. The molecule has 9 heteroatoms. The summed E-state index contributed by atoms with van der Waals surface area (Å²) < 4.78 is 0. The van der Waals surface area contributed by atoms with E-state index in [4.69, 9.17) is 0 Å². The lowest BCUT2D eigenvalue weighted by Gasteiger charge is -2.26. The minimum absolute atomic E-state index is 0. The van der Waals surface area contributed by atoms with Crippen LogP contribution in [0, 0.1) is 0 Å². The molecule has 8 nitrogen and oxygen atoms in total. The highest BCUT2D eigenvalue weighted by molar-refractivity contribution is 14.0. The van der Waals surface area contributed by atoms with Gasteiger partial charge in [0.05, 0.1) is 6.04 Å². The van der Waals surface area contributed by atoms with Gasteiger partial charge in [0.25, 0.3) is 0 Å². The second-order valence-corrected chi connectivity index (χ2v) is 8.20. The van der Waals surface area contributed by atoms with E-state index in [1.54, 1.807) is 4.90 Å². The highest BCUT2D eigenvalue weighted by Gasteiger charge is 2.30. The number of amides is 2. The number of hydrogen-bond acceptors (Lipinski definition) is 4. The van der Waals surface area contributed by atoms with Crippen molar-refractivity contribution >= 4 is 41.8 Å². The molecule has 1 aliphatic heterocycles. The van der Waals surface area contributed by atoms with Gasteiger partial charge in [-0.15, -0.1) is 24.0 Å². The number of nitrogens with one attached hydrogen (secondary N) is 3. The number of carbonyl (C=O) groups excluding carboxylic acids is 2. The number of likely N-dealkylation sites (tertiary alicyclic amines) is 1. The molecule has 0 bridgehead atoms. The van der Waals surface area contributed by atoms with Gasteiger partial charge in [0.2, 0.25) is 11.8 Å². The molecule has 1 aliphatic rings. The number of guanidine groups is 1. The van der Waals surface area contributed by atoms with Gasteiger partial charge >= 0.3 is 0 Å². The second-order valence-electron chi connectivity index (χ2n) is 8.20. The Morgan fingerprint density at radius 3 is 2.46 bits per heavy atom. The largest absolute Gasteiger partial charge is 0.357 e. The predicted octanol–water partition coefficient (Wildman–Crippen LogP) is 1.02. The van der Waals surface area contributed by atoms with Gasteiger partial charge in [0.1, 0.15) is 6.54 Å². The molecule has 0 aromatic carbocycles. The Hall–Kier alpha value is -1.10. The first kappa shape index (κ1) is 26.9. The molecule has 1 atom stereocenters. The van der Waals surface area contributed by atoms with Crippen molar-refractivity contribution in [1.82, 2.24) is 25.8 Å². The van der Waals surface area contributed by atoms with Gasteiger partial charge < -0.3 is 20.9 Å². The lowest BCUT2D eigenvalue weighted by atomic mass is 10.1. The first-order valence-corrected chi connectivity index (χ1v) is 9.92. The Bertz CT molecular complexity index is 519. The molecule has 0 radical (unpaired) electrons.